The summed E-state index contributed by atoms with van der Waals surface area (Å²) in [6.45, 7) is 0. The van der Waals surface area contributed by atoms with E-state index in [-0.39, 0.29) is 17.7 Å². The van der Waals surface area contributed by atoms with Gasteiger partial charge in [-0.05, 0) is 35.9 Å². The van der Waals surface area contributed by atoms with Crippen molar-refractivity contribution >= 4 is 11.6 Å². The Balaban J connectivity index is 1.76. The average Bonchev–Trinajstić information content (AvgIpc) is 3.19. The van der Waals surface area contributed by atoms with Crippen molar-refractivity contribution in [3.63, 3.8) is 0 Å². The first kappa shape index (κ1) is 17.8. The van der Waals surface area contributed by atoms with Crippen LogP contribution in [0.5, 0.6) is 11.5 Å². The molecule has 1 atom stereocenters. The fourth-order valence-electron chi connectivity index (χ4n) is 3.42. The Kier molecular flexibility index (Phi) is 4.81. The first-order valence-electron chi connectivity index (χ1n) is 9.06. The third kappa shape index (κ3) is 3.34. The largest absolute Gasteiger partial charge is 0.508 e. The van der Waals surface area contributed by atoms with Crippen LogP contribution in [0.1, 0.15) is 33.9 Å². The summed E-state index contributed by atoms with van der Waals surface area (Å²) in [5.41, 5.74) is 3.22. The molecule has 0 saturated heterocycles. The molecule has 28 heavy (non-hydrogen) atoms. The SMILES string of the molecule is COc1ccccc1C1CC(c2ccccc2)=NN1C(=O)c1ccc(O)cc1. The minimum Gasteiger partial charge on any atom is -0.508 e. The Morgan fingerprint density at radius 2 is 1.68 bits per heavy atom. The number of carbonyl (C=O) groups is 1. The van der Waals surface area contributed by atoms with Crippen LogP contribution in [-0.2, 0) is 0 Å². The highest BCUT2D eigenvalue weighted by Crippen LogP contribution is 2.38. The molecule has 1 aliphatic heterocycles. The van der Waals surface area contributed by atoms with Gasteiger partial charge in [-0.15, -0.1) is 0 Å². The third-order valence-corrected chi connectivity index (χ3v) is 4.84. The minimum absolute atomic E-state index is 0.118. The average molecular weight is 372 g/mol. The lowest BCUT2D eigenvalue weighted by atomic mass is 9.97. The zero-order chi connectivity index (χ0) is 19.5. The van der Waals surface area contributed by atoms with E-state index >= 15 is 0 Å². The molecule has 0 aliphatic carbocycles. The molecule has 0 fully saturated rings. The number of hydrogen-bond acceptors (Lipinski definition) is 4. The molecule has 0 aromatic heterocycles. The van der Waals surface area contributed by atoms with Gasteiger partial charge in [-0.1, -0.05) is 48.5 Å². The van der Waals surface area contributed by atoms with Gasteiger partial charge in [0.1, 0.15) is 11.5 Å². The van der Waals surface area contributed by atoms with E-state index in [9.17, 15) is 9.90 Å². The molecule has 0 saturated carbocycles. The molecule has 4 rings (SSSR count). The van der Waals surface area contributed by atoms with Gasteiger partial charge in [0.2, 0.25) is 0 Å². The maximum atomic E-state index is 13.2. The van der Waals surface area contributed by atoms with Crippen LogP contribution in [-0.4, -0.2) is 28.8 Å². The standard InChI is InChI=1S/C23H20N2O3/c1-28-22-10-6-5-9-19(22)21-15-20(16-7-3-2-4-8-16)24-25(21)23(27)17-11-13-18(26)14-12-17/h2-14,21,26H,15H2,1H3. The summed E-state index contributed by atoms with van der Waals surface area (Å²) >= 11 is 0. The molecule has 5 nitrogen and oxygen atoms in total. The molecule has 3 aromatic carbocycles. The van der Waals surface area contributed by atoms with E-state index < -0.39 is 0 Å². The number of phenols is 1. The second kappa shape index (κ2) is 7.56. The highest BCUT2D eigenvalue weighted by atomic mass is 16.5. The number of benzene rings is 3. The molecule has 1 heterocycles. The molecule has 0 spiro atoms. The number of phenolic OH excluding ortho intramolecular Hbond substituents is 1. The fourth-order valence-corrected chi connectivity index (χ4v) is 3.42. The number of carbonyl (C=O) groups excluding carboxylic acids is 1. The van der Waals surface area contributed by atoms with Crippen molar-refractivity contribution in [2.24, 2.45) is 5.10 Å². The molecule has 0 bridgehead atoms. The van der Waals surface area contributed by atoms with E-state index in [1.165, 1.54) is 17.1 Å². The predicted molar refractivity (Wildman–Crippen MR) is 108 cm³/mol. The highest BCUT2D eigenvalue weighted by molar-refractivity contribution is 6.05. The summed E-state index contributed by atoms with van der Waals surface area (Å²) in [4.78, 5) is 13.2. The lowest BCUT2D eigenvalue weighted by molar-refractivity contribution is 0.0709. The summed E-state index contributed by atoms with van der Waals surface area (Å²) in [5, 5.41) is 15.7. The van der Waals surface area contributed by atoms with Gasteiger partial charge in [-0.25, -0.2) is 5.01 Å². The first-order chi connectivity index (χ1) is 13.7. The maximum Gasteiger partial charge on any atom is 0.274 e. The first-order valence-corrected chi connectivity index (χ1v) is 9.06. The molecule has 1 unspecified atom stereocenters. The van der Waals surface area contributed by atoms with Crippen molar-refractivity contribution in [2.45, 2.75) is 12.5 Å². The van der Waals surface area contributed by atoms with Crippen LogP contribution in [0.15, 0.2) is 84.0 Å². The van der Waals surface area contributed by atoms with Crippen LogP contribution in [0.3, 0.4) is 0 Å². The maximum absolute atomic E-state index is 13.2. The van der Waals surface area contributed by atoms with Crippen LogP contribution in [0.2, 0.25) is 0 Å². The Labute approximate surface area is 163 Å². The van der Waals surface area contributed by atoms with Gasteiger partial charge < -0.3 is 9.84 Å². The summed E-state index contributed by atoms with van der Waals surface area (Å²) in [6, 6.07) is 23.5. The Bertz CT molecular complexity index is 1010. The lowest BCUT2D eigenvalue weighted by Gasteiger charge is -2.23. The number of hydrazone groups is 1. The quantitative estimate of drug-likeness (QED) is 0.739. The van der Waals surface area contributed by atoms with Crippen LogP contribution >= 0.6 is 0 Å². The molecule has 0 radical (unpaired) electrons. The van der Waals surface area contributed by atoms with Crippen LogP contribution in [0, 0.1) is 0 Å². The summed E-state index contributed by atoms with van der Waals surface area (Å²) in [5.74, 6) is 0.620. The number of amides is 1. The van der Waals surface area contributed by atoms with Gasteiger partial charge in [-0.2, -0.15) is 5.10 Å². The minimum atomic E-state index is -0.271. The van der Waals surface area contributed by atoms with Crippen molar-refractivity contribution in [3.8, 4) is 11.5 Å². The zero-order valence-electron chi connectivity index (χ0n) is 15.4. The summed E-state index contributed by atoms with van der Waals surface area (Å²) in [7, 11) is 1.62. The molecule has 1 aliphatic rings. The molecule has 3 aromatic rings. The number of ether oxygens (including phenoxy) is 1. The van der Waals surface area contributed by atoms with Gasteiger partial charge >= 0.3 is 0 Å². The van der Waals surface area contributed by atoms with Gasteiger partial charge in [0.25, 0.3) is 5.91 Å². The summed E-state index contributed by atoms with van der Waals surface area (Å²) in [6.07, 6.45) is 0.591. The Hall–Kier alpha value is -3.60. The van der Waals surface area contributed by atoms with Gasteiger partial charge in [0.05, 0.1) is 18.9 Å². The second-order valence-corrected chi connectivity index (χ2v) is 6.57. The molecular weight excluding hydrogens is 352 g/mol. The van der Waals surface area contributed by atoms with E-state index in [0.717, 1.165) is 22.6 Å². The van der Waals surface area contributed by atoms with E-state index in [1.54, 1.807) is 19.2 Å². The molecule has 1 N–H and O–H groups in total. The normalized spacial score (nSPS) is 16.0. The van der Waals surface area contributed by atoms with E-state index in [2.05, 4.69) is 5.10 Å². The molecule has 140 valence electrons. The summed E-state index contributed by atoms with van der Waals surface area (Å²) < 4.78 is 5.53. The number of hydrogen-bond donors (Lipinski definition) is 1. The zero-order valence-corrected chi connectivity index (χ0v) is 15.4. The van der Waals surface area contributed by atoms with E-state index in [4.69, 9.17) is 4.74 Å². The van der Waals surface area contributed by atoms with Crippen molar-refractivity contribution in [3.05, 3.63) is 95.6 Å². The molecular formula is C23H20N2O3. The molecule has 5 heteroatoms. The smallest absolute Gasteiger partial charge is 0.274 e. The third-order valence-electron chi connectivity index (χ3n) is 4.84. The number of nitrogens with zero attached hydrogens (tertiary/aromatic N) is 2. The van der Waals surface area contributed by atoms with Crippen molar-refractivity contribution < 1.29 is 14.6 Å². The van der Waals surface area contributed by atoms with E-state index in [0.29, 0.717) is 12.0 Å². The van der Waals surface area contributed by atoms with Crippen LogP contribution in [0.25, 0.3) is 0 Å². The second-order valence-electron chi connectivity index (χ2n) is 6.57. The Morgan fingerprint density at radius 1 is 1.00 bits per heavy atom. The highest BCUT2D eigenvalue weighted by Gasteiger charge is 2.35. The van der Waals surface area contributed by atoms with Gasteiger partial charge in [-0.3, -0.25) is 4.79 Å². The number of aromatic hydroxyl groups is 1. The number of para-hydroxylation sites is 1. The lowest BCUT2D eigenvalue weighted by Crippen LogP contribution is -2.27. The Morgan fingerprint density at radius 3 is 2.39 bits per heavy atom. The topological polar surface area (TPSA) is 62.1 Å². The fraction of sp³-hybridized carbons (Fsp3) is 0.130. The van der Waals surface area contributed by atoms with Crippen molar-refractivity contribution in [1.82, 2.24) is 5.01 Å². The molecule has 1 amide bonds. The van der Waals surface area contributed by atoms with Crippen LogP contribution < -0.4 is 4.74 Å². The predicted octanol–water partition coefficient (Wildman–Crippen LogP) is 4.39. The monoisotopic (exact) mass is 372 g/mol. The van der Waals surface area contributed by atoms with E-state index in [1.807, 2.05) is 54.6 Å². The van der Waals surface area contributed by atoms with Crippen molar-refractivity contribution in [1.29, 1.82) is 0 Å². The van der Waals surface area contributed by atoms with Gasteiger partial charge in [0.15, 0.2) is 0 Å². The van der Waals surface area contributed by atoms with Crippen molar-refractivity contribution in [2.75, 3.05) is 7.11 Å². The van der Waals surface area contributed by atoms with Crippen LogP contribution in [0.4, 0.5) is 0 Å². The van der Waals surface area contributed by atoms with Gasteiger partial charge in [0, 0.05) is 17.5 Å². The number of methoxy groups -OCH3 is 1. The number of rotatable bonds is 4.